The van der Waals surface area contributed by atoms with Gasteiger partial charge in [0.25, 0.3) is 0 Å². The lowest BCUT2D eigenvalue weighted by molar-refractivity contribution is -0.118. The van der Waals surface area contributed by atoms with Gasteiger partial charge in [-0.05, 0) is 30.2 Å². The van der Waals surface area contributed by atoms with E-state index in [4.69, 9.17) is 14.2 Å². The number of sulfonamides is 1. The number of esters is 1. The summed E-state index contributed by atoms with van der Waals surface area (Å²) >= 11 is 0. The van der Waals surface area contributed by atoms with Crippen LogP contribution in [0.4, 0.5) is 11.4 Å². The van der Waals surface area contributed by atoms with Crippen LogP contribution >= 0.6 is 0 Å². The Morgan fingerprint density at radius 2 is 2.00 bits per heavy atom. The molecule has 1 atom stereocenters. The highest BCUT2D eigenvalue weighted by Crippen LogP contribution is 2.43. The molecule has 1 N–H and O–H groups in total. The molecule has 2 aromatic rings. The zero-order valence-electron chi connectivity index (χ0n) is 17.3. The SMILES string of the molecule is COc1ccc2c(c1OC)C(=O)O[C@H]2CC(=O)Nc1ccc2c(c1)N(S(C)(=O)=O)CC2. The summed E-state index contributed by atoms with van der Waals surface area (Å²) in [6, 6.07) is 8.51. The summed E-state index contributed by atoms with van der Waals surface area (Å²) in [4.78, 5) is 25.0. The molecular weight excluding hydrogens is 424 g/mol. The summed E-state index contributed by atoms with van der Waals surface area (Å²) in [6.45, 7) is 0.381. The van der Waals surface area contributed by atoms with Gasteiger partial charge in [-0.2, -0.15) is 0 Å². The van der Waals surface area contributed by atoms with Crippen LogP contribution in [0, 0.1) is 0 Å². The van der Waals surface area contributed by atoms with E-state index >= 15 is 0 Å². The number of cyclic esters (lactones) is 1. The molecule has 0 radical (unpaired) electrons. The number of fused-ring (bicyclic) bond motifs is 2. The number of benzene rings is 2. The largest absolute Gasteiger partial charge is 0.493 e. The number of ether oxygens (including phenoxy) is 3. The highest BCUT2D eigenvalue weighted by Gasteiger charge is 2.37. The van der Waals surface area contributed by atoms with E-state index in [0.717, 1.165) is 11.8 Å². The lowest BCUT2D eigenvalue weighted by atomic mass is 10.0. The molecule has 0 saturated carbocycles. The Morgan fingerprint density at radius 3 is 2.68 bits per heavy atom. The molecule has 0 bridgehead atoms. The van der Waals surface area contributed by atoms with Gasteiger partial charge in [0.15, 0.2) is 11.5 Å². The molecule has 0 aliphatic carbocycles. The van der Waals surface area contributed by atoms with Gasteiger partial charge < -0.3 is 19.5 Å². The first-order chi connectivity index (χ1) is 14.7. The average molecular weight is 446 g/mol. The van der Waals surface area contributed by atoms with Crippen LogP contribution in [-0.4, -0.2) is 47.3 Å². The van der Waals surface area contributed by atoms with Crippen molar-refractivity contribution >= 4 is 33.3 Å². The Hall–Kier alpha value is -3.27. The number of nitrogens with zero attached hydrogens (tertiary/aromatic N) is 1. The quantitative estimate of drug-likeness (QED) is 0.678. The minimum Gasteiger partial charge on any atom is -0.493 e. The molecule has 0 unspecified atom stereocenters. The maximum atomic E-state index is 12.7. The molecule has 9 nitrogen and oxygen atoms in total. The van der Waals surface area contributed by atoms with Crippen molar-refractivity contribution in [3.63, 3.8) is 0 Å². The Balaban J connectivity index is 1.52. The van der Waals surface area contributed by atoms with Gasteiger partial charge >= 0.3 is 5.97 Å². The number of hydrogen-bond donors (Lipinski definition) is 1. The van der Waals surface area contributed by atoms with Crippen LogP contribution in [0.15, 0.2) is 30.3 Å². The van der Waals surface area contributed by atoms with E-state index in [9.17, 15) is 18.0 Å². The summed E-state index contributed by atoms with van der Waals surface area (Å²) in [6.07, 6.45) is 0.921. The number of carbonyl (C=O) groups excluding carboxylic acids is 2. The average Bonchev–Trinajstić information content (AvgIpc) is 3.28. The molecule has 2 heterocycles. The number of anilines is 2. The number of hydrogen-bond acceptors (Lipinski definition) is 7. The monoisotopic (exact) mass is 446 g/mol. The summed E-state index contributed by atoms with van der Waals surface area (Å²) in [5.74, 6) is -0.279. The van der Waals surface area contributed by atoms with Gasteiger partial charge in [-0.15, -0.1) is 0 Å². The first kappa shape index (κ1) is 21.0. The molecule has 4 rings (SSSR count). The topological polar surface area (TPSA) is 111 Å². The third kappa shape index (κ3) is 3.78. The minimum absolute atomic E-state index is 0.0961. The predicted octanol–water partition coefficient (Wildman–Crippen LogP) is 2.27. The van der Waals surface area contributed by atoms with E-state index in [1.165, 1.54) is 18.5 Å². The zero-order valence-corrected chi connectivity index (χ0v) is 18.1. The Kier molecular flexibility index (Phi) is 5.26. The highest BCUT2D eigenvalue weighted by molar-refractivity contribution is 7.92. The predicted molar refractivity (Wildman–Crippen MR) is 113 cm³/mol. The van der Waals surface area contributed by atoms with Gasteiger partial charge in [0.1, 0.15) is 11.7 Å². The minimum atomic E-state index is -3.39. The number of nitrogens with one attached hydrogen (secondary N) is 1. The van der Waals surface area contributed by atoms with Crippen LogP contribution in [0.3, 0.4) is 0 Å². The lowest BCUT2D eigenvalue weighted by Crippen LogP contribution is -2.27. The van der Waals surface area contributed by atoms with Crippen LogP contribution in [0.1, 0.15) is 34.0 Å². The fourth-order valence-electron chi connectivity index (χ4n) is 3.98. The number of carbonyl (C=O) groups is 2. The van der Waals surface area contributed by atoms with E-state index in [0.29, 0.717) is 35.7 Å². The third-order valence-corrected chi connectivity index (χ3v) is 6.55. The summed E-state index contributed by atoms with van der Waals surface area (Å²) in [7, 11) is -0.492. The molecule has 0 aromatic heterocycles. The second-order valence-corrected chi connectivity index (χ2v) is 9.25. The van der Waals surface area contributed by atoms with E-state index in [2.05, 4.69) is 5.32 Å². The molecule has 1 amide bonds. The van der Waals surface area contributed by atoms with Crippen molar-refractivity contribution in [3.05, 3.63) is 47.0 Å². The van der Waals surface area contributed by atoms with Crippen molar-refractivity contribution in [2.45, 2.75) is 18.9 Å². The molecule has 2 aromatic carbocycles. The smallest absolute Gasteiger partial charge is 0.343 e. The van der Waals surface area contributed by atoms with Crippen LogP contribution in [0.5, 0.6) is 11.5 Å². The lowest BCUT2D eigenvalue weighted by Gasteiger charge is -2.17. The Morgan fingerprint density at radius 1 is 1.23 bits per heavy atom. The number of rotatable bonds is 6. The molecule has 0 saturated heterocycles. The first-order valence-electron chi connectivity index (χ1n) is 9.59. The second-order valence-electron chi connectivity index (χ2n) is 7.34. The molecule has 2 aliphatic heterocycles. The van der Waals surface area contributed by atoms with Gasteiger partial charge in [-0.3, -0.25) is 9.10 Å². The van der Waals surface area contributed by atoms with Crippen molar-refractivity contribution in [3.8, 4) is 11.5 Å². The van der Waals surface area contributed by atoms with Crippen LogP contribution < -0.4 is 19.1 Å². The van der Waals surface area contributed by atoms with Gasteiger partial charge in [0, 0.05) is 17.8 Å². The van der Waals surface area contributed by atoms with Gasteiger partial charge in [0.05, 0.1) is 32.6 Å². The first-order valence-corrected chi connectivity index (χ1v) is 11.4. The van der Waals surface area contributed by atoms with Gasteiger partial charge in [-0.25, -0.2) is 13.2 Å². The second kappa shape index (κ2) is 7.77. The molecule has 2 aliphatic rings. The highest BCUT2D eigenvalue weighted by atomic mass is 32.2. The maximum Gasteiger partial charge on any atom is 0.343 e. The zero-order chi connectivity index (χ0) is 22.3. The van der Waals surface area contributed by atoms with Crippen molar-refractivity contribution < 1.29 is 32.2 Å². The fraction of sp³-hybridized carbons (Fsp3) is 0.333. The molecule has 164 valence electrons. The van der Waals surface area contributed by atoms with Crippen molar-refractivity contribution in [1.29, 1.82) is 0 Å². The molecular formula is C21H22N2O7S. The van der Waals surface area contributed by atoms with Crippen LogP contribution in [0.2, 0.25) is 0 Å². The summed E-state index contributed by atoms with van der Waals surface area (Å²) < 4.78 is 41.2. The Bertz CT molecular complexity index is 1180. The normalized spacial score (nSPS) is 17.1. The van der Waals surface area contributed by atoms with Gasteiger partial charge in [0.2, 0.25) is 15.9 Å². The fourth-order valence-corrected chi connectivity index (χ4v) is 4.93. The van der Waals surface area contributed by atoms with Crippen molar-refractivity contribution in [2.75, 3.05) is 36.6 Å². The standard InChI is InChI=1S/C21H22N2O7S/c1-28-16-7-6-14-17(30-21(25)19(14)20(16)29-2)11-18(24)22-13-5-4-12-8-9-23(15(12)10-13)31(3,26)27/h4-7,10,17H,8-9,11H2,1-3H3,(H,22,24)/t17-/m0/s1. The summed E-state index contributed by atoms with van der Waals surface area (Å²) in [5.41, 5.74) is 2.74. The van der Waals surface area contributed by atoms with E-state index < -0.39 is 22.1 Å². The molecule has 0 spiro atoms. The van der Waals surface area contributed by atoms with Gasteiger partial charge in [-0.1, -0.05) is 12.1 Å². The molecule has 31 heavy (non-hydrogen) atoms. The Labute approximate surface area is 179 Å². The van der Waals surface area contributed by atoms with Crippen molar-refractivity contribution in [1.82, 2.24) is 0 Å². The van der Waals surface area contributed by atoms with Crippen molar-refractivity contribution in [2.24, 2.45) is 0 Å². The number of amides is 1. The summed E-state index contributed by atoms with van der Waals surface area (Å²) in [5, 5.41) is 2.76. The van der Waals surface area contributed by atoms with E-state index in [-0.39, 0.29) is 23.6 Å². The third-order valence-electron chi connectivity index (χ3n) is 5.37. The van der Waals surface area contributed by atoms with Crippen LogP contribution in [-0.2, 0) is 26.0 Å². The molecule has 0 fully saturated rings. The number of methoxy groups -OCH3 is 2. The van der Waals surface area contributed by atoms with E-state index in [1.807, 2.05) is 0 Å². The van der Waals surface area contributed by atoms with Crippen LogP contribution in [0.25, 0.3) is 0 Å². The molecule has 10 heteroatoms. The maximum absolute atomic E-state index is 12.7. The van der Waals surface area contributed by atoms with E-state index in [1.54, 1.807) is 30.3 Å².